The Balaban J connectivity index is 2.09. The molecule has 1 N–H and O–H groups in total. The molecule has 6 heteroatoms. The van der Waals surface area contributed by atoms with Crippen molar-refractivity contribution in [3.63, 3.8) is 0 Å². The topological polar surface area (TPSA) is 61.9 Å². The zero-order valence-corrected chi connectivity index (χ0v) is 11.0. The van der Waals surface area contributed by atoms with Crippen molar-refractivity contribution in [2.24, 2.45) is 0 Å². The molecule has 6 nitrogen and oxygen atoms in total. The molecule has 2 amide bonds. The summed E-state index contributed by atoms with van der Waals surface area (Å²) in [4.78, 5) is 31.3. The standard InChI is InChI=1S/C13H17N3O3/c1-15-8-13(18)16(9-12(15)17)11-5-3-10(4-6-11)7-14-19-2/h3-6,14H,7-9H2,1-2H3. The lowest BCUT2D eigenvalue weighted by atomic mass is 10.2. The zero-order chi connectivity index (χ0) is 13.8. The molecule has 1 aromatic carbocycles. The number of carbonyl (C=O) groups is 2. The highest BCUT2D eigenvalue weighted by molar-refractivity contribution is 6.04. The van der Waals surface area contributed by atoms with Gasteiger partial charge in [0.05, 0.1) is 13.7 Å². The maximum absolute atomic E-state index is 11.9. The average Bonchev–Trinajstić information content (AvgIpc) is 2.41. The SMILES string of the molecule is CONCc1ccc(N2CC(=O)N(C)CC2=O)cc1. The summed E-state index contributed by atoms with van der Waals surface area (Å²) in [6.45, 7) is 0.823. The summed E-state index contributed by atoms with van der Waals surface area (Å²) in [5.41, 5.74) is 4.53. The Morgan fingerprint density at radius 2 is 1.84 bits per heavy atom. The molecule has 1 aliphatic heterocycles. The van der Waals surface area contributed by atoms with E-state index < -0.39 is 0 Å². The minimum absolute atomic E-state index is 0.0512. The van der Waals surface area contributed by atoms with Crippen LogP contribution in [-0.2, 0) is 21.0 Å². The number of rotatable bonds is 4. The Morgan fingerprint density at radius 3 is 2.47 bits per heavy atom. The molecule has 0 aliphatic carbocycles. The Hall–Kier alpha value is -1.92. The number of benzene rings is 1. The molecule has 0 radical (unpaired) electrons. The van der Waals surface area contributed by atoms with Crippen LogP contribution >= 0.6 is 0 Å². The van der Waals surface area contributed by atoms with Gasteiger partial charge >= 0.3 is 0 Å². The number of amides is 2. The van der Waals surface area contributed by atoms with Crippen molar-refractivity contribution in [2.75, 3.05) is 32.1 Å². The van der Waals surface area contributed by atoms with E-state index in [4.69, 9.17) is 4.84 Å². The molecule has 0 bridgehead atoms. The summed E-state index contributed by atoms with van der Waals surface area (Å²) in [7, 11) is 3.19. The molecule has 102 valence electrons. The van der Waals surface area contributed by atoms with Crippen LogP contribution in [0.1, 0.15) is 5.56 Å². The van der Waals surface area contributed by atoms with Gasteiger partial charge in [-0.3, -0.25) is 9.59 Å². The predicted octanol–water partition coefficient (Wildman–Crippen LogP) is 0.143. The fourth-order valence-corrected chi connectivity index (χ4v) is 1.91. The quantitative estimate of drug-likeness (QED) is 0.785. The van der Waals surface area contributed by atoms with Crippen LogP contribution in [0, 0.1) is 0 Å². The van der Waals surface area contributed by atoms with Gasteiger partial charge in [-0.25, -0.2) is 0 Å². The van der Waals surface area contributed by atoms with Gasteiger partial charge in [0.1, 0.15) is 6.54 Å². The molecule has 1 aliphatic rings. The Morgan fingerprint density at radius 1 is 1.16 bits per heavy atom. The molecular formula is C13H17N3O3. The fraction of sp³-hybridized carbons (Fsp3) is 0.385. The summed E-state index contributed by atoms with van der Waals surface area (Å²) in [5.74, 6) is -0.116. The summed E-state index contributed by atoms with van der Waals surface area (Å²) in [6.07, 6.45) is 0. The van der Waals surface area contributed by atoms with Crippen molar-refractivity contribution in [2.45, 2.75) is 6.54 Å². The van der Waals surface area contributed by atoms with Crippen molar-refractivity contribution in [1.82, 2.24) is 10.4 Å². The van der Waals surface area contributed by atoms with E-state index in [1.807, 2.05) is 24.3 Å². The third-order valence-electron chi connectivity index (χ3n) is 3.06. The monoisotopic (exact) mass is 263 g/mol. The lowest BCUT2D eigenvalue weighted by Crippen LogP contribution is -2.52. The van der Waals surface area contributed by atoms with E-state index in [1.165, 1.54) is 9.80 Å². The number of likely N-dealkylation sites (N-methyl/N-ethyl adjacent to an activating group) is 1. The van der Waals surface area contributed by atoms with Crippen LogP contribution in [0.4, 0.5) is 5.69 Å². The van der Waals surface area contributed by atoms with Crippen molar-refractivity contribution in [3.8, 4) is 0 Å². The minimum atomic E-state index is -0.0649. The molecule has 2 rings (SSSR count). The van der Waals surface area contributed by atoms with Gasteiger partial charge in [-0.05, 0) is 17.7 Å². The molecule has 1 saturated heterocycles. The van der Waals surface area contributed by atoms with E-state index in [1.54, 1.807) is 14.2 Å². The third kappa shape index (κ3) is 3.10. The molecular weight excluding hydrogens is 246 g/mol. The van der Waals surface area contributed by atoms with Crippen LogP contribution in [-0.4, -0.2) is 44.0 Å². The van der Waals surface area contributed by atoms with Gasteiger partial charge in [0.15, 0.2) is 0 Å². The van der Waals surface area contributed by atoms with Crippen LogP contribution in [0.25, 0.3) is 0 Å². The van der Waals surface area contributed by atoms with Crippen molar-refractivity contribution in [1.29, 1.82) is 0 Å². The molecule has 1 fully saturated rings. The lowest BCUT2D eigenvalue weighted by molar-refractivity contribution is -0.136. The van der Waals surface area contributed by atoms with E-state index >= 15 is 0 Å². The predicted molar refractivity (Wildman–Crippen MR) is 70.3 cm³/mol. The first-order chi connectivity index (χ1) is 9.11. The second-order valence-corrected chi connectivity index (χ2v) is 4.42. The Kier molecular flexibility index (Phi) is 4.13. The van der Waals surface area contributed by atoms with Gasteiger partial charge in [-0.2, -0.15) is 5.48 Å². The van der Waals surface area contributed by atoms with Crippen molar-refractivity contribution < 1.29 is 14.4 Å². The molecule has 0 atom stereocenters. The van der Waals surface area contributed by atoms with Crippen LogP contribution in [0.3, 0.4) is 0 Å². The molecule has 1 aromatic rings. The number of nitrogens with zero attached hydrogens (tertiary/aromatic N) is 2. The average molecular weight is 263 g/mol. The summed E-state index contributed by atoms with van der Waals surface area (Å²) in [5, 5.41) is 0. The van der Waals surface area contributed by atoms with Crippen LogP contribution < -0.4 is 10.4 Å². The van der Waals surface area contributed by atoms with Crippen molar-refractivity contribution in [3.05, 3.63) is 29.8 Å². The number of piperazine rings is 1. The number of anilines is 1. The number of hydrogen-bond donors (Lipinski definition) is 1. The largest absolute Gasteiger partial charge is 0.335 e. The fourth-order valence-electron chi connectivity index (χ4n) is 1.91. The van der Waals surface area contributed by atoms with E-state index in [0.29, 0.717) is 6.54 Å². The summed E-state index contributed by atoms with van der Waals surface area (Å²) < 4.78 is 0. The Labute approximate surface area is 111 Å². The number of hydrogen-bond acceptors (Lipinski definition) is 4. The highest BCUT2D eigenvalue weighted by Crippen LogP contribution is 2.18. The highest BCUT2D eigenvalue weighted by atomic mass is 16.6. The molecule has 0 saturated carbocycles. The minimum Gasteiger partial charge on any atom is -0.335 e. The second kappa shape index (κ2) is 5.81. The number of nitrogens with one attached hydrogen (secondary N) is 1. The van der Waals surface area contributed by atoms with Gasteiger partial charge < -0.3 is 14.6 Å². The van der Waals surface area contributed by atoms with E-state index in [0.717, 1.165) is 11.3 Å². The Bertz CT molecular complexity index is 473. The van der Waals surface area contributed by atoms with Gasteiger partial charge in [0.2, 0.25) is 11.8 Å². The highest BCUT2D eigenvalue weighted by Gasteiger charge is 2.28. The molecule has 0 unspecified atom stereocenters. The first-order valence-electron chi connectivity index (χ1n) is 6.01. The van der Waals surface area contributed by atoms with Gasteiger partial charge in [0, 0.05) is 19.3 Å². The lowest BCUT2D eigenvalue weighted by Gasteiger charge is -2.31. The molecule has 1 heterocycles. The van der Waals surface area contributed by atoms with Crippen LogP contribution in [0.5, 0.6) is 0 Å². The smallest absolute Gasteiger partial charge is 0.247 e. The van der Waals surface area contributed by atoms with Crippen LogP contribution in [0.2, 0.25) is 0 Å². The first kappa shape index (κ1) is 13.5. The normalized spacial score (nSPS) is 16.1. The maximum atomic E-state index is 11.9. The van der Waals surface area contributed by atoms with E-state index in [-0.39, 0.29) is 24.9 Å². The maximum Gasteiger partial charge on any atom is 0.247 e. The zero-order valence-electron chi connectivity index (χ0n) is 11.0. The number of carbonyl (C=O) groups excluding carboxylic acids is 2. The van der Waals surface area contributed by atoms with Gasteiger partial charge in [-0.15, -0.1) is 0 Å². The second-order valence-electron chi connectivity index (χ2n) is 4.42. The van der Waals surface area contributed by atoms with Crippen molar-refractivity contribution >= 4 is 17.5 Å². The van der Waals surface area contributed by atoms with Gasteiger partial charge in [-0.1, -0.05) is 12.1 Å². The summed E-state index contributed by atoms with van der Waals surface area (Å²) in [6, 6.07) is 7.47. The molecule has 0 spiro atoms. The van der Waals surface area contributed by atoms with E-state index in [2.05, 4.69) is 5.48 Å². The van der Waals surface area contributed by atoms with Gasteiger partial charge in [0.25, 0.3) is 0 Å². The first-order valence-corrected chi connectivity index (χ1v) is 6.01. The van der Waals surface area contributed by atoms with Crippen LogP contribution in [0.15, 0.2) is 24.3 Å². The van der Waals surface area contributed by atoms with E-state index in [9.17, 15) is 9.59 Å². The number of hydroxylamine groups is 1. The molecule has 19 heavy (non-hydrogen) atoms. The summed E-state index contributed by atoms with van der Waals surface area (Å²) >= 11 is 0. The third-order valence-corrected chi connectivity index (χ3v) is 3.06. The molecule has 0 aromatic heterocycles.